The monoisotopic (exact) mass is 269 g/mol. The first kappa shape index (κ1) is 15.3. The zero-order valence-electron chi connectivity index (χ0n) is 12.6. The van der Waals surface area contributed by atoms with Crippen molar-refractivity contribution in [2.75, 3.05) is 20.6 Å². The maximum Gasteiger partial charge on any atom is 0.0690 e. The predicted molar refractivity (Wildman–Crippen MR) is 78.0 cm³/mol. The quantitative estimate of drug-likeness (QED) is 0.824. The Morgan fingerprint density at radius 3 is 2.16 bits per heavy atom. The summed E-state index contributed by atoms with van der Waals surface area (Å²) < 4.78 is 0. The van der Waals surface area contributed by atoms with Gasteiger partial charge in [-0.15, -0.1) is 0 Å². The van der Waals surface area contributed by atoms with Crippen molar-refractivity contribution in [1.29, 1.82) is 0 Å². The molecular weight excluding hydrogens is 238 g/mol. The second-order valence-electron chi connectivity index (χ2n) is 7.10. The van der Waals surface area contributed by atoms with Crippen LogP contribution in [0.15, 0.2) is 0 Å². The third kappa shape index (κ3) is 3.93. The third-order valence-electron chi connectivity index (χ3n) is 5.28. The normalized spacial score (nSPS) is 33.3. The minimum atomic E-state index is -0.449. The minimum absolute atomic E-state index is 0.0998. The lowest BCUT2D eigenvalue weighted by molar-refractivity contribution is -0.0871. The third-order valence-corrected chi connectivity index (χ3v) is 5.28. The Morgan fingerprint density at radius 1 is 1.05 bits per heavy atom. The molecule has 3 nitrogen and oxygen atoms in total. The van der Waals surface area contributed by atoms with Crippen molar-refractivity contribution in [2.24, 2.45) is 11.8 Å². The number of nitrogens with zero attached hydrogens (tertiary/aromatic N) is 1. The van der Waals surface area contributed by atoms with Crippen LogP contribution in [0.3, 0.4) is 0 Å². The highest BCUT2D eigenvalue weighted by Crippen LogP contribution is 2.42. The van der Waals surface area contributed by atoms with E-state index in [9.17, 15) is 10.2 Å². The molecule has 19 heavy (non-hydrogen) atoms. The highest BCUT2D eigenvalue weighted by molar-refractivity contribution is 4.94. The Morgan fingerprint density at radius 2 is 1.63 bits per heavy atom. The van der Waals surface area contributed by atoms with Gasteiger partial charge >= 0.3 is 0 Å². The van der Waals surface area contributed by atoms with Crippen LogP contribution in [0.1, 0.15) is 57.8 Å². The van der Waals surface area contributed by atoms with Gasteiger partial charge in [-0.1, -0.05) is 19.3 Å². The van der Waals surface area contributed by atoms with Crippen LogP contribution in [0.4, 0.5) is 0 Å². The molecule has 0 spiro atoms. The van der Waals surface area contributed by atoms with E-state index in [4.69, 9.17) is 0 Å². The first-order valence-electron chi connectivity index (χ1n) is 8.06. The van der Waals surface area contributed by atoms with Crippen LogP contribution in [0.2, 0.25) is 0 Å². The van der Waals surface area contributed by atoms with Gasteiger partial charge in [-0.25, -0.2) is 0 Å². The molecule has 1 atom stereocenters. The SMILES string of the molecule is CN(C)CC(C1CCC(O)CC1)C1(O)CCCCC1. The van der Waals surface area contributed by atoms with Gasteiger partial charge in [-0.05, 0) is 58.5 Å². The van der Waals surface area contributed by atoms with Gasteiger partial charge in [0.1, 0.15) is 0 Å². The summed E-state index contributed by atoms with van der Waals surface area (Å²) in [6.07, 6.45) is 9.50. The van der Waals surface area contributed by atoms with E-state index in [1.54, 1.807) is 0 Å². The van der Waals surface area contributed by atoms with Crippen molar-refractivity contribution in [3.05, 3.63) is 0 Å². The van der Waals surface area contributed by atoms with Gasteiger partial charge in [-0.3, -0.25) is 0 Å². The fourth-order valence-electron chi connectivity index (χ4n) is 4.19. The summed E-state index contributed by atoms with van der Waals surface area (Å²) in [6, 6.07) is 0. The molecule has 2 aliphatic rings. The van der Waals surface area contributed by atoms with E-state index in [2.05, 4.69) is 19.0 Å². The summed E-state index contributed by atoms with van der Waals surface area (Å²) in [5.41, 5.74) is -0.449. The lowest BCUT2D eigenvalue weighted by Crippen LogP contribution is -2.49. The van der Waals surface area contributed by atoms with Gasteiger partial charge in [-0.2, -0.15) is 0 Å². The Bertz CT molecular complexity index is 266. The molecule has 0 aromatic rings. The van der Waals surface area contributed by atoms with Crippen LogP contribution < -0.4 is 0 Å². The van der Waals surface area contributed by atoms with E-state index in [-0.39, 0.29) is 6.10 Å². The Hall–Kier alpha value is -0.120. The molecule has 0 saturated heterocycles. The summed E-state index contributed by atoms with van der Waals surface area (Å²) in [7, 11) is 4.22. The van der Waals surface area contributed by atoms with Gasteiger partial charge in [0.2, 0.25) is 0 Å². The highest BCUT2D eigenvalue weighted by Gasteiger charge is 2.42. The molecule has 0 aromatic heterocycles. The second kappa shape index (κ2) is 6.55. The standard InChI is InChI=1S/C16H31NO2/c1-17(2)12-15(13-6-8-14(18)9-7-13)16(19)10-4-3-5-11-16/h13-15,18-19H,3-12H2,1-2H3. The molecule has 0 heterocycles. The number of aliphatic hydroxyl groups excluding tert-OH is 1. The zero-order valence-corrected chi connectivity index (χ0v) is 12.6. The molecule has 2 fully saturated rings. The highest BCUT2D eigenvalue weighted by atomic mass is 16.3. The molecule has 1 unspecified atom stereocenters. The molecule has 112 valence electrons. The van der Waals surface area contributed by atoms with Crippen LogP contribution in [0.5, 0.6) is 0 Å². The van der Waals surface area contributed by atoms with E-state index in [1.807, 2.05) is 0 Å². The molecule has 0 amide bonds. The smallest absolute Gasteiger partial charge is 0.0690 e. The Labute approximate surface area is 118 Å². The summed E-state index contributed by atoms with van der Waals surface area (Å²) in [5, 5.41) is 20.8. The molecule has 0 radical (unpaired) electrons. The maximum absolute atomic E-state index is 11.1. The largest absolute Gasteiger partial charge is 0.393 e. The van der Waals surface area contributed by atoms with Crippen LogP contribution >= 0.6 is 0 Å². The molecule has 2 rings (SSSR count). The molecule has 2 N–H and O–H groups in total. The van der Waals surface area contributed by atoms with Gasteiger partial charge < -0.3 is 15.1 Å². The van der Waals surface area contributed by atoms with Gasteiger partial charge in [0.25, 0.3) is 0 Å². The van der Waals surface area contributed by atoms with Crippen LogP contribution in [0, 0.1) is 11.8 Å². The Balaban J connectivity index is 2.06. The first-order chi connectivity index (χ1) is 9.01. The molecule has 0 bridgehead atoms. The topological polar surface area (TPSA) is 43.7 Å². The first-order valence-corrected chi connectivity index (χ1v) is 8.06. The molecule has 2 saturated carbocycles. The molecule has 0 aliphatic heterocycles. The van der Waals surface area contributed by atoms with Crippen molar-refractivity contribution < 1.29 is 10.2 Å². The van der Waals surface area contributed by atoms with E-state index in [0.29, 0.717) is 11.8 Å². The summed E-state index contributed by atoms with van der Waals surface area (Å²) >= 11 is 0. The molecule has 3 heteroatoms. The summed E-state index contributed by atoms with van der Waals surface area (Å²) in [6.45, 7) is 0.983. The van der Waals surface area contributed by atoms with E-state index in [0.717, 1.165) is 45.1 Å². The van der Waals surface area contributed by atoms with Crippen molar-refractivity contribution >= 4 is 0 Å². The number of rotatable bonds is 4. The fourth-order valence-corrected chi connectivity index (χ4v) is 4.19. The van der Waals surface area contributed by atoms with Crippen molar-refractivity contribution in [1.82, 2.24) is 4.90 Å². The van der Waals surface area contributed by atoms with E-state index < -0.39 is 5.60 Å². The van der Waals surface area contributed by atoms with Gasteiger partial charge in [0.05, 0.1) is 11.7 Å². The summed E-state index contributed by atoms with van der Waals surface area (Å²) in [5.74, 6) is 0.976. The van der Waals surface area contributed by atoms with Crippen molar-refractivity contribution in [3.63, 3.8) is 0 Å². The second-order valence-corrected chi connectivity index (χ2v) is 7.10. The van der Waals surface area contributed by atoms with Crippen molar-refractivity contribution in [3.8, 4) is 0 Å². The lowest BCUT2D eigenvalue weighted by atomic mass is 9.66. The predicted octanol–water partition coefficient (Wildman–Crippen LogP) is 2.41. The number of hydrogen-bond acceptors (Lipinski definition) is 3. The van der Waals surface area contributed by atoms with Gasteiger partial charge in [0.15, 0.2) is 0 Å². The maximum atomic E-state index is 11.1. The zero-order chi connectivity index (χ0) is 13.9. The van der Waals surface area contributed by atoms with Crippen molar-refractivity contribution in [2.45, 2.75) is 69.5 Å². The molecule has 0 aromatic carbocycles. The van der Waals surface area contributed by atoms with Crippen LogP contribution in [0.25, 0.3) is 0 Å². The molecular formula is C16H31NO2. The molecule has 2 aliphatic carbocycles. The van der Waals surface area contributed by atoms with Crippen LogP contribution in [-0.2, 0) is 0 Å². The number of aliphatic hydroxyl groups is 2. The average molecular weight is 269 g/mol. The fraction of sp³-hybridized carbons (Fsp3) is 1.00. The van der Waals surface area contributed by atoms with Crippen LogP contribution in [-0.4, -0.2) is 47.5 Å². The van der Waals surface area contributed by atoms with Gasteiger partial charge in [0, 0.05) is 12.5 Å². The Kier molecular flexibility index (Phi) is 5.27. The summed E-state index contributed by atoms with van der Waals surface area (Å²) in [4.78, 5) is 2.22. The minimum Gasteiger partial charge on any atom is -0.393 e. The number of hydrogen-bond donors (Lipinski definition) is 2. The average Bonchev–Trinajstić information content (AvgIpc) is 2.38. The van der Waals surface area contributed by atoms with E-state index in [1.165, 1.54) is 19.3 Å². The van der Waals surface area contributed by atoms with E-state index >= 15 is 0 Å². The lowest BCUT2D eigenvalue weighted by Gasteiger charge is -2.45.